The van der Waals surface area contributed by atoms with Crippen LogP contribution < -0.4 is 10.1 Å². The number of rotatable bonds is 5. The van der Waals surface area contributed by atoms with Crippen LogP contribution in [0.25, 0.3) is 0 Å². The predicted molar refractivity (Wildman–Crippen MR) is 72.0 cm³/mol. The van der Waals surface area contributed by atoms with Crippen molar-refractivity contribution in [3.8, 4) is 11.6 Å². The Balaban J connectivity index is 1.94. The Kier molecular flexibility index (Phi) is 4.30. The van der Waals surface area contributed by atoms with Gasteiger partial charge in [-0.25, -0.2) is 4.98 Å². The molecule has 2 heterocycles. The molecule has 0 fully saturated rings. The molecule has 0 aliphatic rings. The third-order valence-electron chi connectivity index (χ3n) is 2.72. The molecule has 0 aliphatic heterocycles. The van der Waals surface area contributed by atoms with Gasteiger partial charge in [0.2, 0.25) is 5.88 Å². The van der Waals surface area contributed by atoms with Crippen molar-refractivity contribution in [1.29, 1.82) is 0 Å². The number of aromatic nitrogens is 2. The van der Waals surface area contributed by atoms with E-state index in [-0.39, 0.29) is 5.75 Å². The number of pyridine rings is 2. The Hall–Kier alpha value is -2.14. The van der Waals surface area contributed by atoms with Crippen molar-refractivity contribution in [3.63, 3.8) is 0 Å². The number of nitrogens with one attached hydrogen (secondary N) is 1. The highest BCUT2D eigenvalue weighted by atomic mass is 16.5. The molecule has 0 aromatic carbocycles. The van der Waals surface area contributed by atoms with Crippen molar-refractivity contribution < 1.29 is 9.84 Å². The minimum absolute atomic E-state index is 0.213. The van der Waals surface area contributed by atoms with Crippen molar-refractivity contribution in [2.75, 3.05) is 7.11 Å². The standard InChI is InChI=1S/C14H17N3O2/c1-10-3-4-13(18)12(17-10)9-15-8-11-5-6-16-14(7-11)19-2/h3-7,15,18H,8-9H2,1-2H3. The summed E-state index contributed by atoms with van der Waals surface area (Å²) in [5.41, 5.74) is 2.61. The average molecular weight is 259 g/mol. The molecule has 2 rings (SSSR count). The van der Waals surface area contributed by atoms with Gasteiger partial charge in [0.15, 0.2) is 0 Å². The minimum atomic E-state index is 0.213. The number of hydrogen-bond donors (Lipinski definition) is 2. The first-order valence-electron chi connectivity index (χ1n) is 6.04. The molecule has 0 spiro atoms. The monoisotopic (exact) mass is 259 g/mol. The second-order valence-electron chi connectivity index (χ2n) is 4.23. The van der Waals surface area contributed by atoms with Crippen molar-refractivity contribution >= 4 is 0 Å². The highest BCUT2D eigenvalue weighted by molar-refractivity contribution is 5.27. The molecule has 0 radical (unpaired) electrons. The summed E-state index contributed by atoms with van der Waals surface area (Å²) in [6, 6.07) is 7.23. The Labute approximate surface area is 112 Å². The summed E-state index contributed by atoms with van der Waals surface area (Å²) in [5.74, 6) is 0.807. The van der Waals surface area contributed by atoms with Crippen LogP contribution in [0.3, 0.4) is 0 Å². The maximum atomic E-state index is 9.68. The second-order valence-corrected chi connectivity index (χ2v) is 4.23. The van der Waals surface area contributed by atoms with Gasteiger partial charge in [-0.05, 0) is 30.7 Å². The van der Waals surface area contributed by atoms with Crippen molar-refractivity contribution in [2.45, 2.75) is 20.0 Å². The Morgan fingerprint density at radius 2 is 2.11 bits per heavy atom. The minimum Gasteiger partial charge on any atom is -0.506 e. The largest absolute Gasteiger partial charge is 0.506 e. The van der Waals surface area contributed by atoms with Gasteiger partial charge in [-0.2, -0.15) is 0 Å². The maximum Gasteiger partial charge on any atom is 0.213 e. The Morgan fingerprint density at radius 3 is 2.89 bits per heavy atom. The zero-order chi connectivity index (χ0) is 13.7. The van der Waals surface area contributed by atoms with Gasteiger partial charge >= 0.3 is 0 Å². The number of ether oxygens (including phenoxy) is 1. The van der Waals surface area contributed by atoms with Crippen molar-refractivity contribution in [2.24, 2.45) is 0 Å². The number of aryl methyl sites for hydroxylation is 1. The van der Waals surface area contributed by atoms with E-state index in [0.29, 0.717) is 24.7 Å². The third kappa shape index (κ3) is 3.66. The van der Waals surface area contributed by atoms with Crippen molar-refractivity contribution in [1.82, 2.24) is 15.3 Å². The van der Waals surface area contributed by atoms with Crippen LogP contribution in [0, 0.1) is 6.92 Å². The molecule has 2 aromatic rings. The van der Waals surface area contributed by atoms with Crippen LogP contribution in [-0.4, -0.2) is 22.2 Å². The van der Waals surface area contributed by atoms with E-state index in [1.54, 1.807) is 25.4 Å². The van der Waals surface area contributed by atoms with Gasteiger partial charge < -0.3 is 15.2 Å². The molecule has 100 valence electrons. The molecule has 5 heteroatoms. The van der Waals surface area contributed by atoms with E-state index in [9.17, 15) is 5.11 Å². The van der Waals surface area contributed by atoms with Gasteiger partial charge in [-0.1, -0.05) is 0 Å². The fourth-order valence-electron chi connectivity index (χ4n) is 1.73. The number of aromatic hydroxyl groups is 1. The maximum absolute atomic E-state index is 9.68. The van der Waals surface area contributed by atoms with Crippen LogP contribution in [-0.2, 0) is 13.1 Å². The molecule has 5 nitrogen and oxygen atoms in total. The van der Waals surface area contributed by atoms with Crippen LogP contribution in [0.15, 0.2) is 30.5 Å². The average Bonchev–Trinajstić information content (AvgIpc) is 2.43. The lowest BCUT2D eigenvalue weighted by Gasteiger charge is -2.07. The Morgan fingerprint density at radius 1 is 1.26 bits per heavy atom. The number of nitrogens with zero attached hydrogens (tertiary/aromatic N) is 2. The van der Waals surface area contributed by atoms with Crippen molar-refractivity contribution in [3.05, 3.63) is 47.4 Å². The topological polar surface area (TPSA) is 67.3 Å². The van der Waals surface area contributed by atoms with E-state index in [0.717, 1.165) is 11.3 Å². The predicted octanol–water partition coefficient (Wildman–Crippen LogP) is 1.79. The lowest BCUT2D eigenvalue weighted by atomic mass is 10.2. The molecule has 0 unspecified atom stereocenters. The molecule has 19 heavy (non-hydrogen) atoms. The van der Waals surface area contributed by atoms with Crippen LogP contribution in [0.5, 0.6) is 11.6 Å². The molecule has 2 N–H and O–H groups in total. The molecular formula is C14H17N3O2. The summed E-state index contributed by atoms with van der Waals surface area (Å²) >= 11 is 0. The molecule has 2 aromatic heterocycles. The van der Waals surface area contributed by atoms with E-state index < -0.39 is 0 Å². The van der Waals surface area contributed by atoms with Crippen LogP contribution in [0.4, 0.5) is 0 Å². The van der Waals surface area contributed by atoms with E-state index in [1.807, 2.05) is 19.1 Å². The summed E-state index contributed by atoms with van der Waals surface area (Å²) in [6.07, 6.45) is 1.71. The molecule has 0 saturated heterocycles. The summed E-state index contributed by atoms with van der Waals surface area (Å²) < 4.78 is 5.06. The van der Waals surface area contributed by atoms with Gasteiger partial charge in [-0.3, -0.25) is 4.98 Å². The fraction of sp³-hybridized carbons (Fsp3) is 0.286. The first-order valence-corrected chi connectivity index (χ1v) is 6.04. The fourth-order valence-corrected chi connectivity index (χ4v) is 1.73. The summed E-state index contributed by atoms with van der Waals surface area (Å²) in [6.45, 7) is 3.07. The molecule has 0 bridgehead atoms. The van der Waals surface area contributed by atoms with Crippen LogP contribution in [0.1, 0.15) is 17.0 Å². The quantitative estimate of drug-likeness (QED) is 0.857. The lowest BCUT2D eigenvalue weighted by Crippen LogP contribution is -2.14. The highest BCUT2D eigenvalue weighted by Gasteiger charge is 2.03. The first-order chi connectivity index (χ1) is 9.19. The van der Waals surface area contributed by atoms with E-state index in [1.165, 1.54) is 0 Å². The first kappa shape index (κ1) is 13.3. The second kappa shape index (κ2) is 6.15. The van der Waals surface area contributed by atoms with Gasteiger partial charge in [-0.15, -0.1) is 0 Å². The van der Waals surface area contributed by atoms with Gasteiger partial charge in [0.05, 0.1) is 12.8 Å². The SMILES string of the molecule is COc1cc(CNCc2nc(C)ccc2O)ccn1. The zero-order valence-electron chi connectivity index (χ0n) is 11.1. The van der Waals surface area contributed by atoms with Crippen LogP contribution in [0.2, 0.25) is 0 Å². The number of hydrogen-bond acceptors (Lipinski definition) is 5. The molecule has 0 aliphatic carbocycles. The van der Waals surface area contributed by atoms with E-state index in [4.69, 9.17) is 4.74 Å². The van der Waals surface area contributed by atoms with Gasteiger partial charge in [0, 0.05) is 31.0 Å². The van der Waals surface area contributed by atoms with Gasteiger partial charge in [0.1, 0.15) is 5.75 Å². The third-order valence-corrected chi connectivity index (χ3v) is 2.72. The van der Waals surface area contributed by atoms with Gasteiger partial charge in [0.25, 0.3) is 0 Å². The Bertz CT molecular complexity index is 558. The lowest BCUT2D eigenvalue weighted by molar-refractivity contribution is 0.397. The van der Waals surface area contributed by atoms with E-state index >= 15 is 0 Å². The number of methoxy groups -OCH3 is 1. The summed E-state index contributed by atoms with van der Waals surface area (Å²) in [5, 5.41) is 12.9. The summed E-state index contributed by atoms with van der Waals surface area (Å²) in [7, 11) is 1.59. The molecular weight excluding hydrogens is 242 g/mol. The zero-order valence-corrected chi connectivity index (χ0v) is 11.1. The smallest absolute Gasteiger partial charge is 0.213 e. The molecule has 0 saturated carbocycles. The highest BCUT2D eigenvalue weighted by Crippen LogP contribution is 2.14. The molecule has 0 atom stereocenters. The van der Waals surface area contributed by atoms with Crippen LogP contribution >= 0.6 is 0 Å². The van der Waals surface area contributed by atoms with E-state index in [2.05, 4.69) is 15.3 Å². The molecule has 0 amide bonds. The normalized spacial score (nSPS) is 10.4. The summed E-state index contributed by atoms with van der Waals surface area (Å²) in [4.78, 5) is 8.34.